The molecule has 1 fully saturated rings. The molecule has 0 amide bonds. The van der Waals surface area contributed by atoms with Gasteiger partial charge in [0.05, 0.1) is 6.10 Å². The summed E-state index contributed by atoms with van der Waals surface area (Å²) < 4.78 is 11.1. The van der Waals surface area contributed by atoms with Gasteiger partial charge in [0.2, 0.25) is 0 Å². The molecule has 3 heteroatoms. The van der Waals surface area contributed by atoms with E-state index in [1.807, 2.05) is 0 Å². The lowest BCUT2D eigenvalue weighted by Crippen LogP contribution is -2.31. The van der Waals surface area contributed by atoms with Crippen LogP contribution in [0.2, 0.25) is 0 Å². The Balaban J connectivity index is 2.08. The fraction of sp³-hybridized carbons (Fsp3) is 1.00. The van der Waals surface area contributed by atoms with Crippen molar-refractivity contribution in [2.75, 3.05) is 26.4 Å². The average molecular weight is 257 g/mol. The van der Waals surface area contributed by atoms with Gasteiger partial charge < -0.3 is 14.8 Å². The molecule has 2 atom stereocenters. The van der Waals surface area contributed by atoms with Gasteiger partial charge in [-0.05, 0) is 58.4 Å². The topological polar surface area (TPSA) is 30.5 Å². The Labute approximate surface area is 113 Å². The van der Waals surface area contributed by atoms with Crippen LogP contribution in [0.15, 0.2) is 0 Å². The van der Waals surface area contributed by atoms with Crippen molar-refractivity contribution in [2.24, 2.45) is 0 Å². The van der Waals surface area contributed by atoms with Gasteiger partial charge in [-0.25, -0.2) is 0 Å². The quantitative estimate of drug-likeness (QED) is 0.577. The van der Waals surface area contributed by atoms with Crippen molar-refractivity contribution in [3.63, 3.8) is 0 Å². The minimum atomic E-state index is 0.545. The standard InChI is InChI=1S/C15H31NO2/c1-3-11-16-14(10-13-17-4-2)7-5-8-15-9-6-12-18-15/h14-16H,3-13H2,1-2H3. The van der Waals surface area contributed by atoms with Crippen LogP contribution in [-0.2, 0) is 9.47 Å². The molecule has 3 nitrogen and oxygen atoms in total. The monoisotopic (exact) mass is 257 g/mol. The van der Waals surface area contributed by atoms with Gasteiger partial charge in [0.25, 0.3) is 0 Å². The molecular weight excluding hydrogens is 226 g/mol. The third-order valence-corrected chi connectivity index (χ3v) is 3.60. The number of hydrogen-bond donors (Lipinski definition) is 1. The number of nitrogens with one attached hydrogen (secondary N) is 1. The van der Waals surface area contributed by atoms with Gasteiger partial charge >= 0.3 is 0 Å². The van der Waals surface area contributed by atoms with E-state index in [0.29, 0.717) is 12.1 Å². The molecule has 0 saturated carbocycles. The second-order valence-electron chi connectivity index (χ2n) is 5.20. The predicted molar refractivity (Wildman–Crippen MR) is 76.0 cm³/mol. The molecule has 0 bridgehead atoms. The Bertz CT molecular complexity index is 181. The van der Waals surface area contributed by atoms with Crippen molar-refractivity contribution in [1.82, 2.24) is 5.32 Å². The summed E-state index contributed by atoms with van der Waals surface area (Å²) >= 11 is 0. The van der Waals surface area contributed by atoms with E-state index in [2.05, 4.69) is 19.2 Å². The van der Waals surface area contributed by atoms with E-state index in [9.17, 15) is 0 Å². The van der Waals surface area contributed by atoms with Crippen LogP contribution in [0, 0.1) is 0 Å². The Morgan fingerprint density at radius 2 is 2.22 bits per heavy atom. The highest BCUT2D eigenvalue weighted by Crippen LogP contribution is 2.18. The molecule has 1 rings (SSSR count). The van der Waals surface area contributed by atoms with Gasteiger partial charge in [-0.1, -0.05) is 6.92 Å². The van der Waals surface area contributed by atoms with Crippen LogP contribution in [0.5, 0.6) is 0 Å². The second-order valence-corrected chi connectivity index (χ2v) is 5.20. The van der Waals surface area contributed by atoms with Crippen LogP contribution in [0.3, 0.4) is 0 Å². The first kappa shape index (κ1) is 15.9. The first-order valence-corrected chi connectivity index (χ1v) is 7.79. The van der Waals surface area contributed by atoms with E-state index in [4.69, 9.17) is 9.47 Å². The molecule has 0 radical (unpaired) electrons. The normalized spacial score (nSPS) is 21.3. The van der Waals surface area contributed by atoms with Crippen molar-refractivity contribution in [3.8, 4) is 0 Å². The maximum Gasteiger partial charge on any atom is 0.0576 e. The number of ether oxygens (including phenoxy) is 2. The molecule has 1 aliphatic rings. The van der Waals surface area contributed by atoms with Crippen LogP contribution in [0.1, 0.15) is 58.8 Å². The smallest absolute Gasteiger partial charge is 0.0576 e. The zero-order valence-electron chi connectivity index (χ0n) is 12.2. The lowest BCUT2D eigenvalue weighted by molar-refractivity contribution is 0.0997. The van der Waals surface area contributed by atoms with E-state index in [1.54, 1.807) is 0 Å². The highest BCUT2D eigenvalue weighted by Gasteiger charge is 2.16. The molecule has 0 aromatic carbocycles. The zero-order chi connectivity index (χ0) is 13.1. The van der Waals surface area contributed by atoms with Crippen LogP contribution in [-0.4, -0.2) is 38.5 Å². The molecule has 1 N–H and O–H groups in total. The lowest BCUT2D eigenvalue weighted by Gasteiger charge is -2.19. The Kier molecular flexibility index (Phi) is 9.54. The van der Waals surface area contributed by atoms with E-state index in [-0.39, 0.29) is 0 Å². The molecule has 0 aromatic heterocycles. The lowest BCUT2D eigenvalue weighted by atomic mass is 10.0. The van der Waals surface area contributed by atoms with Crippen LogP contribution >= 0.6 is 0 Å². The van der Waals surface area contributed by atoms with Crippen molar-refractivity contribution >= 4 is 0 Å². The summed E-state index contributed by atoms with van der Waals surface area (Å²) in [5, 5.41) is 3.63. The van der Waals surface area contributed by atoms with Crippen LogP contribution in [0.4, 0.5) is 0 Å². The van der Waals surface area contributed by atoms with E-state index >= 15 is 0 Å². The van der Waals surface area contributed by atoms with Crippen LogP contribution < -0.4 is 5.32 Å². The van der Waals surface area contributed by atoms with E-state index in [1.165, 1.54) is 38.5 Å². The summed E-state index contributed by atoms with van der Waals surface area (Å²) in [7, 11) is 0. The van der Waals surface area contributed by atoms with Gasteiger partial charge in [0.1, 0.15) is 0 Å². The minimum Gasteiger partial charge on any atom is -0.382 e. The molecule has 0 aromatic rings. The largest absolute Gasteiger partial charge is 0.382 e. The molecule has 1 aliphatic heterocycles. The minimum absolute atomic E-state index is 0.545. The summed E-state index contributed by atoms with van der Waals surface area (Å²) in [5.41, 5.74) is 0. The summed E-state index contributed by atoms with van der Waals surface area (Å²) in [5.74, 6) is 0. The average Bonchev–Trinajstić information content (AvgIpc) is 2.88. The summed E-state index contributed by atoms with van der Waals surface area (Å²) in [4.78, 5) is 0. The van der Waals surface area contributed by atoms with Crippen molar-refractivity contribution in [2.45, 2.75) is 70.9 Å². The third-order valence-electron chi connectivity index (χ3n) is 3.60. The van der Waals surface area contributed by atoms with Gasteiger partial charge in [0.15, 0.2) is 0 Å². The molecule has 2 unspecified atom stereocenters. The first-order chi connectivity index (χ1) is 8.86. The Morgan fingerprint density at radius 1 is 1.33 bits per heavy atom. The van der Waals surface area contributed by atoms with Crippen molar-refractivity contribution in [1.29, 1.82) is 0 Å². The molecule has 0 spiro atoms. The number of hydrogen-bond acceptors (Lipinski definition) is 3. The van der Waals surface area contributed by atoms with Crippen LogP contribution in [0.25, 0.3) is 0 Å². The van der Waals surface area contributed by atoms with E-state index < -0.39 is 0 Å². The molecule has 18 heavy (non-hydrogen) atoms. The van der Waals surface area contributed by atoms with Crippen molar-refractivity contribution < 1.29 is 9.47 Å². The molecular formula is C15H31NO2. The fourth-order valence-electron chi connectivity index (χ4n) is 2.53. The third kappa shape index (κ3) is 7.34. The highest BCUT2D eigenvalue weighted by molar-refractivity contribution is 4.70. The predicted octanol–water partition coefficient (Wildman–Crippen LogP) is 3.13. The zero-order valence-corrected chi connectivity index (χ0v) is 12.2. The highest BCUT2D eigenvalue weighted by atomic mass is 16.5. The Hall–Kier alpha value is -0.120. The maximum atomic E-state index is 5.67. The molecule has 1 saturated heterocycles. The molecule has 0 aliphatic carbocycles. The summed E-state index contributed by atoms with van der Waals surface area (Å²) in [6.45, 7) is 8.10. The van der Waals surface area contributed by atoms with E-state index in [0.717, 1.165) is 32.8 Å². The number of rotatable bonds is 11. The summed E-state index contributed by atoms with van der Waals surface area (Å²) in [6.07, 6.45) is 9.18. The Morgan fingerprint density at radius 3 is 2.89 bits per heavy atom. The fourth-order valence-corrected chi connectivity index (χ4v) is 2.53. The van der Waals surface area contributed by atoms with Gasteiger partial charge in [-0.15, -0.1) is 0 Å². The van der Waals surface area contributed by atoms with Crippen molar-refractivity contribution in [3.05, 3.63) is 0 Å². The SMILES string of the molecule is CCCNC(CCCC1CCCO1)CCOCC. The maximum absolute atomic E-state index is 5.67. The first-order valence-electron chi connectivity index (χ1n) is 7.79. The summed E-state index contributed by atoms with van der Waals surface area (Å²) in [6, 6.07) is 0.623. The molecule has 1 heterocycles. The second kappa shape index (κ2) is 10.8. The molecule has 108 valence electrons. The van der Waals surface area contributed by atoms with Gasteiger partial charge in [-0.3, -0.25) is 0 Å². The van der Waals surface area contributed by atoms with Gasteiger partial charge in [0, 0.05) is 25.9 Å². The van der Waals surface area contributed by atoms with Gasteiger partial charge in [-0.2, -0.15) is 0 Å².